The summed E-state index contributed by atoms with van der Waals surface area (Å²) in [5.74, 6) is -0.0754. The van der Waals surface area contributed by atoms with Crippen LogP contribution in [0, 0.1) is 0 Å². The molecule has 18 heavy (non-hydrogen) atoms. The van der Waals surface area contributed by atoms with Gasteiger partial charge in [0.1, 0.15) is 0 Å². The number of hydrogen-bond acceptors (Lipinski definition) is 4. The van der Waals surface area contributed by atoms with Crippen LogP contribution in [0.3, 0.4) is 0 Å². The lowest BCUT2D eigenvalue weighted by Crippen LogP contribution is -2.10. The van der Waals surface area contributed by atoms with E-state index in [1.165, 1.54) is 11.3 Å². The number of aliphatic hydroxyl groups is 1. The largest absolute Gasteiger partial charge is 0.396 e. The molecule has 1 amide bonds. The molecule has 2 rings (SSSR count). The first-order chi connectivity index (χ1) is 8.69. The molecule has 0 bridgehead atoms. The number of anilines is 1. The maximum absolute atomic E-state index is 11.6. The van der Waals surface area contributed by atoms with Crippen molar-refractivity contribution in [2.24, 2.45) is 0 Å². The lowest BCUT2D eigenvalue weighted by atomic mass is 10.2. The number of carbonyl (C=O) groups is 1. The highest BCUT2D eigenvalue weighted by atomic mass is 35.5. The third-order valence-corrected chi connectivity index (χ3v) is 3.58. The summed E-state index contributed by atoms with van der Waals surface area (Å²) in [6.45, 7) is 0.118. The van der Waals surface area contributed by atoms with Gasteiger partial charge in [0.25, 0.3) is 0 Å². The summed E-state index contributed by atoms with van der Waals surface area (Å²) < 4.78 is 0.952. The second-order valence-electron chi connectivity index (χ2n) is 3.86. The van der Waals surface area contributed by atoms with Gasteiger partial charge in [-0.2, -0.15) is 0 Å². The van der Waals surface area contributed by atoms with E-state index in [2.05, 4.69) is 10.3 Å². The Hall–Kier alpha value is -1.17. The molecule has 0 fully saturated rings. The van der Waals surface area contributed by atoms with Crippen molar-refractivity contribution in [2.75, 3.05) is 11.9 Å². The zero-order valence-electron chi connectivity index (χ0n) is 9.65. The molecule has 0 aliphatic carbocycles. The average molecular weight is 285 g/mol. The van der Waals surface area contributed by atoms with Crippen LogP contribution in [-0.4, -0.2) is 22.6 Å². The second-order valence-corrected chi connectivity index (χ2v) is 5.33. The predicted octanol–water partition coefficient (Wildman–Crippen LogP) is 3.05. The minimum Gasteiger partial charge on any atom is -0.396 e. The Bertz CT molecular complexity index is 556. The monoisotopic (exact) mass is 284 g/mol. The normalized spacial score (nSPS) is 10.8. The average Bonchev–Trinajstić information content (AvgIpc) is 2.70. The number of fused-ring (bicyclic) bond motifs is 1. The molecule has 0 radical (unpaired) electrons. The Morgan fingerprint density at radius 1 is 1.44 bits per heavy atom. The van der Waals surface area contributed by atoms with Crippen LogP contribution in [-0.2, 0) is 4.79 Å². The second kappa shape index (κ2) is 6.13. The molecule has 0 unspecified atom stereocenters. The smallest absolute Gasteiger partial charge is 0.226 e. The van der Waals surface area contributed by atoms with Gasteiger partial charge in [-0.3, -0.25) is 4.79 Å². The Balaban J connectivity index is 2.01. The molecule has 0 saturated heterocycles. The number of nitrogens with zero attached hydrogens (tertiary/aromatic N) is 1. The first kappa shape index (κ1) is 13.3. The molecule has 2 aromatic rings. The van der Waals surface area contributed by atoms with Crippen LogP contribution < -0.4 is 5.32 Å². The molecule has 2 N–H and O–H groups in total. The fraction of sp³-hybridized carbons (Fsp3) is 0.333. The number of carbonyl (C=O) groups excluding carboxylic acids is 1. The van der Waals surface area contributed by atoms with E-state index in [0.717, 1.165) is 10.2 Å². The Kier molecular flexibility index (Phi) is 4.52. The van der Waals surface area contributed by atoms with Crippen LogP contribution in [0.4, 0.5) is 5.13 Å². The van der Waals surface area contributed by atoms with Crippen LogP contribution in [0.25, 0.3) is 10.2 Å². The third kappa shape index (κ3) is 3.41. The number of benzene rings is 1. The molecule has 6 heteroatoms. The highest BCUT2D eigenvalue weighted by molar-refractivity contribution is 7.22. The number of thiazole rings is 1. The number of amides is 1. The zero-order chi connectivity index (χ0) is 13.0. The number of aliphatic hydroxyl groups excluding tert-OH is 1. The van der Waals surface area contributed by atoms with Crippen LogP contribution in [0.1, 0.15) is 19.3 Å². The minimum absolute atomic E-state index is 0.0754. The molecular formula is C12H13ClN2O2S. The lowest BCUT2D eigenvalue weighted by Gasteiger charge is -1.99. The van der Waals surface area contributed by atoms with Crippen LogP contribution in [0.5, 0.6) is 0 Å². The summed E-state index contributed by atoms with van der Waals surface area (Å²) in [6, 6.07) is 5.43. The lowest BCUT2D eigenvalue weighted by molar-refractivity contribution is -0.116. The van der Waals surface area contributed by atoms with E-state index >= 15 is 0 Å². The number of rotatable bonds is 5. The molecule has 96 valence electrons. The van der Waals surface area contributed by atoms with E-state index in [-0.39, 0.29) is 12.5 Å². The van der Waals surface area contributed by atoms with Crippen molar-refractivity contribution in [3.63, 3.8) is 0 Å². The molecule has 1 heterocycles. The fourth-order valence-electron chi connectivity index (χ4n) is 1.53. The van der Waals surface area contributed by atoms with E-state index in [9.17, 15) is 4.79 Å². The van der Waals surface area contributed by atoms with E-state index < -0.39 is 0 Å². The van der Waals surface area contributed by atoms with Crippen molar-refractivity contribution in [3.05, 3.63) is 23.2 Å². The molecule has 0 aliphatic heterocycles. The van der Waals surface area contributed by atoms with Gasteiger partial charge in [-0.05, 0) is 31.0 Å². The first-order valence-electron chi connectivity index (χ1n) is 5.66. The Labute approximate surface area is 114 Å². The maximum Gasteiger partial charge on any atom is 0.226 e. The van der Waals surface area contributed by atoms with Crippen molar-refractivity contribution in [2.45, 2.75) is 19.3 Å². The highest BCUT2D eigenvalue weighted by Crippen LogP contribution is 2.28. The standard InChI is InChI=1S/C12H13ClN2O2S/c13-8-4-5-9-10(7-8)18-12(14-9)15-11(17)3-1-2-6-16/h4-5,7,16H,1-3,6H2,(H,14,15,17). The van der Waals surface area contributed by atoms with Crippen molar-refractivity contribution < 1.29 is 9.90 Å². The van der Waals surface area contributed by atoms with Crippen molar-refractivity contribution in [1.29, 1.82) is 0 Å². The first-order valence-corrected chi connectivity index (χ1v) is 6.85. The topological polar surface area (TPSA) is 62.2 Å². The molecule has 0 spiro atoms. The van der Waals surface area contributed by atoms with Crippen LogP contribution >= 0.6 is 22.9 Å². The Morgan fingerprint density at radius 2 is 2.28 bits per heavy atom. The number of halogens is 1. The van der Waals surface area contributed by atoms with Crippen LogP contribution in [0.2, 0.25) is 5.02 Å². The van der Waals surface area contributed by atoms with Crippen molar-refractivity contribution >= 4 is 44.2 Å². The van der Waals surface area contributed by atoms with Gasteiger partial charge in [-0.1, -0.05) is 22.9 Å². The summed E-state index contributed by atoms with van der Waals surface area (Å²) in [4.78, 5) is 15.9. The number of hydrogen-bond donors (Lipinski definition) is 2. The van der Waals surface area contributed by atoms with Crippen LogP contribution in [0.15, 0.2) is 18.2 Å². The van der Waals surface area contributed by atoms with Gasteiger partial charge in [0.05, 0.1) is 10.2 Å². The van der Waals surface area contributed by atoms with Gasteiger partial charge >= 0.3 is 0 Å². The Morgan fingerprint density at radius 3 is 3.06 bits per heavy atom. The molecule has 4 nitrogen and oxygen atoms in total. The summed E-state index contributed by atoms with van der Waals surface area (Å²) >= 11 is 7.29. The summed E-state index contributed by atoms with van der Waals surface area (Å²) in [6.07, 6.45) is 1.72. The summed E-state index contributed by atoms with van der Waals surface area (Å²) in [7, 11) is 0. The van der Waals surface area contributed by atoms with Gasteiger partial charge in [0, 0.05) is 18.1 Å². The highest BCUT2D eigenvalue weighted by Gasteiger charge is 2.07. The summed E-state index contributed by atoms with van der Waals surface area (Å²) in [5.41, 5.74) is 0.829. The van der Waals surface area contributed by atoms with E-state index in [0.29, 0.717) is 29.4 Å². The van der Waals surface area contributed by atoms with Gasteiger partial charge in [0.15, 0.2) is 5.13 Å². The van der Waals surface area contributed by atoms with Crippen molar-refractivity contribution in [3.8, 4) is 0 Å². The molecule has 1 aromatic heterocycles. The van der Waals surface area contributed by atoms with Gasteiger partial charge in [0.2, 0.25) is 5.91 Å². The molecule has 0 atom stereocenters. The third-order valence-electron chi connectivity index (χ3n) is 2.41. The quantitative estimate of drug-likeness (QED) is 0.830. The molecule has 0 saturated carbocycles. The minimum atomic E-state index is -0.0754. The maximum atomic E-state index is 11.6. The zero-order valence-corrected chi connectivity index (χ0v) is 11.2. The van der Waals surface area contributed by atoms with Gasteiger partial charge in [-0.25, -0.2) is 4.98 Å². The van der Waals surface area contributed by atoms with E-state index in [4.69, 9.17) is 16.7 Å². The van der Waals surface area contributed by atoms with E-state index in [1.807, 2.05) is 12.1 Å². The number of aromatic nitrogens is 1. The van der Waals surface area contributed by atoms with Crippen molar-refractivity contribution in [1.82, 2.24) is 4.98 Å². The van der Waals surface area contributed by atoms with Gasteiger partial charge in [-0.15, -0.1) is 0 Å². The summed E-state index contributed by atoms with van der Waals surface area (Å²) in [5, 5.41) is 12.6. The SMILES string of the molecule is O=C(CCCCO)Nc1nc2ccc(Cl)cc2s1. The fourth-order valence-corrected chi connectivity index (χ4v) is 2.69. The van der Waals surface area contributed by atoms with E-state index in [1.54, 1.807) is 6.07 Å². The number of nitrogens with one attached hydrogen (secondary N) is 1. The molecule has 0 aliphatic rings. The number of unbranched alkanes of at least 4 members (excludes halogenated alkanes) is 1. The predicted molar refractivity (Wildman–Crippen MR) is 74.2 cm³/mol. The van der Waals surface area contributed by atoms with Gasteiger partial charge < -0.3 is 10.4 Å². The molecular weight excluding hydrogens is 272 g/mol. The molecule has 1 aromatic carbocycles.